The van der Waals surface area contributed by atoms with E-state index in [9.17, 15) is 9.59 Å². The van der Waals surface area contributed by atoms with Crippen LogP contribution in [0.1, 0.15) is 32.6 Å². The largest absolute Gasteiger partial charge is 0.443 e. The maximum Gasteiger partial charge on any atom is 0.349 e. The SMILES string of the molecule is Cc1ccc(NC(=O)[C@H](OC(=O)c2cc3c(C)nn(-c4ccc(Cl)cc4)c3s2)c2ccccc2)cc1Cl. The number of rotatable bonds is 6. The van der Waals surface area contributed by atoms with E-state index >= 15 is 0 Å². The molecule has 0 aliphatic rings. The number of hydrogen-bond donors (Lipinski definition) is 1. The molecule has 0 aliphatic carbocycles. The molecule has 0 saturated carbocycles. The molecule has 1 atom stereocenters. The first-order valence-corrected chi connectivity index (χ1v) is 13.0. The van der Waals surface area contributed by atoms with Crippen LogP contribution in [-0.4, -0.2) is 21.7 Å². The number of thiophene rings is 1. The van der Waals surface area contributed by atoms with Gasteiger partial charge < -0.3 is 10.1 Å². The number of fused-ring (bicyclic) bond motifs is 1. The second-order valence-electron chi connectivity index (χ2n) is 8.45. The number of halogens is 2. The van der Waals surface area contributed by atoms with Gasteiger partial charge in [0, 0.05) is 26.7 Å². The molecule has 6 nitrogen and oxygen atoms in total. The molecule has 5 aromatic rings. The standard InChI is InChI=1S/C28H21Cl2N3O3S/c1-16-8-11-20(14-23(16)30)31-26(34)25(18-6-4-3-5-7-18)36-28(35)24-15-22-17(2)32-33(27(22)37-24)21-12-9-19(29)10-13-21/h3-15,25H,1-2H3,(H,31,34)/t25-/m1/s1. The number of amides is 1. The third-order valence-corrected chi connectivity index (χ3v) is 7.57. The molecule has 2 aromatic heterocycles. The number of hydrogen-bond acceptors (Lipinski definition) is 5. The van der Waals surface area contributed by atoms with Crippen LogP contribution in [0, 0.1) is 13.8 Å². The fourth-order valence-corrected chi connectivity index (χ4v) is 5.22. The van der Waals surface area contributed by atoms with E-state index in [1.807, 2.05) is 38.1 Å². The Labute approximate surface area is 227 Å². The molecule has 37 heavy (non-hydrogen) atoms. The number of nitrogens with one attached hydrogen (secondary N) is 1. The van der Waals surface area contributed by atoms with Crippen molar-refractivity contribution in [3.05, 3.63) is 111 Å². The maximum absolute atomic E-state index is 13.3. The van der Waals surface area contributed by atoms with Crippen LogP contribution in [0.3, 0.4) is 0 Å². The topological polar surface area (TPSA) is 73.2 Å². The van der Waals surface area contributed by atoms with E-state index in [-0.39, 0.29) is 0 Å². The smallest absolute Gasteiger partial charge is 0.349 e. The molecular weight excluding hydrogens is 529 g/mol. The van der Waals surface area contributed by atoms with E-state index in [1.165, 1.54) is 11.3 Å². The third kappa shape index (κ3) is 5.25. The molecule has 186 valence electrons. The normalized spacial score (nSPS) is 11.9. The molecule has 3 aromatic carbocycles. The maximum atomic E-state index is 13.3. The van der Waals surface area contributed by atoms with Crippen LogP contribution in [0.25, 0.3) is 15.9 Å². The molecule has 5 rings (SSSR count). The Kier molecular flexibility index (Phi) is 7.02. The van der Waals surface area contributed by atoms with Gasteiger partial charge in [0.25, 0.3) is 5.91 Å². The van der Waals surface area contributed by atoms with Crippen molar-refractivity contribution in [1.29, 1.82) is 0 Å². The average Bonchev–Trinajstić information content (AvgIpc) is 3.46. The molecule has 0 aliphatic heterocycles. The molecule has 0 bridgehead atoms. The number of carbonyl (C=O) groups is 2. The van der Waals surface area contributed by atoms with E-state index in [2.05, 4.69) is 10.4 Å². The van der Waals surface area contributed by atoms with Gasteiger partial charge in [-0.1, -0.05) is 59.6 Å². The summed E-state index contributed by atoms with van der Waals surface area (Å²) in [5, 5.41) is 9.40. The highest BCUT2D eigenvalue weighted by molar-refractivity contribution is 7.20. The van der Waals surface area contributed by atoms with E-state index in [1.54, 1.807) is 59.3 Å². The van der Waals surface area contributed by atoms with Crippen LogP contribution in [-0.2, 0) is 9.53 Å². The van der Waals surface area contributed by atoms with Crippen LogP contribution in [0.2, 0.25) is 10.0 Å². The molecule has 1 N–H and O–H groups in total. The Morgan fingerprint density at radius 3 is 2.41 bits per heavy atom. The van der Waals surface area contributed by atoms with Crippen LogP contribution < -0.4 is 5.32 Å². The summed E-state index contributed by atoms with van der Waals surface area (Å²) in [6.07, 6.45) is -1.16. The minimum Gasteiger partial charge on any atom is -0.443 e. The number of nitrogens with zero attached hydrogens (tertiary/aromatic N) is 2. The lowest BCUT2D eigenvalue weighted by atomic mass is 10.1. The van der Waals surface area contributed by atoms with Crippen LogP contribution in [0.4, 0.5) is 5.69 Å². The van der Waals surface area contributed by atoms with E-state index in [4.69, 9.17) is 27.9 Å². The average molecular weight is 550 g/mol. The van der Waals surface area contributed by atoms with Crippen molar-refractivity contribution in [3.63, 3.8) is 0 Å². The van der Waals surface area contributed by atoms with Crippen LogP contribution in [0.5, 0.6) is 0 Å². The molecule has 0 unspecified atom stereocenters. The minimum atomic E-state index is -1.16. The lowest BCUT2D eigenvalue weighted by Gasteiger charge is -2.18. The molecule has 0 saturated heterocycles. The van der Waals surface area contributed by atoms with Gasteiger partial charge >= 0.3 is 5.97 Å². The highest BCUT2D eigenvalue weighted by atomic mass is 35.5. The van der Waals surface area contributed by atoms with Gasteiger partial charge in [-0.2, -0.15) is 5.10 Å². The van der Waals surface area contributed by atoms with E-state index in [0.29, 0.717) is 26.2 Å². The zero-order chi connectivity index (χ0) is 26.1. The van der Waals surface area contributed by atoms with Gasteiger partial charge in [-0.15, -0.1) is 11.3 Å². The molecule has 0 spiro atoms. The summed E-state index contributed by atoms with van der Waals surface area (Å²) in [4.78, 5) is 27.7. The first kappa shape index (κ1) is 25.0. The summed E-state index contributed by atoms with van der Waals surface area (Å²) >= 11 is 13.5. The Balaban J connectivity index is 1.44. The summed E-state index contributed by atoms with van der Waals surface area (Å²) in [5.74, 6) is -1.08. The molecule has 2 heterocycles. The van der Waals surface area contributed by atoms with Gasteiger partial charge in [0.15, 0.2) is 0 Å². The molecule has 1 amide bonds. The minimum absolute atomic E-state index is 0.366. The zero-order valence-electron chi connectivity index (χ0n) is 19.9. The first-order valence-electron chi connectivity index (χ1n) is 11.4. The van der Waals surface area contributed by atoms with E-state index < -0.39 is 18.0 Å². The fraction of sp³-hybridized carbons (Fsp3) is 0.107. The predicted octanol–water partition coefficient (Wildman–Crippen LogP) is 7.55. The fourth-order valence-electron chi connectivity index (χ4n) is 3.85. The summed E-state index contributed by atoms with van der Waals surface area (Å²) in [7, 11) is 0. The lowest BCUT2D eigenvalue weighted by Crippen LogP contribution is -2.25. The van der Waals surface area contributed by atoms with Crippen molar-refractivity contribution in [2.75, 3.05) is 5.32 Å². The van der Waals surface area contributed by atoms with Crippen molar-refractivity contribution in [2.24, 2.45) is 0 Å². The second-order valence-corrected chi connectivity index (χ2v) is 10.3. The van der Waals surface area contributed by atoms with Gasteiger partial charge in [0.05, 0.1) is 11.4 Å². The zero-order valence-corrected chi connectivity index (χ0v) is 22.2. The van der Waals surface area contributed by atoms with Crippen molar-refractivity contribution in [1.82, 2.24) is 9.78 Å². The molecule has 9 heteroatoms. The number of aryl methyl sites for hydroxylation is 2. The number of ether oxygens (including phenoxy) is 1. The molecular formula is C28H21Cl2N3O3S. The quantitative estimate of drug-likeness (QED) is 0.222. The third-order valence-electron chi connectivity index (χ3n) is 5.82. The summed E-state index contributed by atoms with van der Waals surface area (Å²) in [6, 6.07) is 23.2. The summed E-state index contributed by atoms with van der Waals surface area (Å²) in [6.45, 7) is 3.75. The highest BCUT2D eigenvalue weighted by Gasteiger charge is 2.27. The van der Waals surface area contributed by atoms with Gasteiger partial charge in [-0.3, -0.25) is 4.79 Å². The van der Waals surface area contributed by atoms with Crippen LogP contribution in [0.15, 0.2) is 78.9 Å². The monoisotopic (exact) mass is 549 g/mol. The Bertz CT molecular complexity index is 1610. The Morgan fingerprint density at radius 1 is 0.973 bits per heavy atom. The lowest BCUT2D eigenvalue weighted by molar-refractivity contribution is -0.125. The summed E-state index contributed by atoms with van der Waals surface area (Å²) in [5.41, 5.74) is 3.55. The van der Waals surface area contributed by atoms with Crippen molar-refractivity contribution in [2.45, 2.75) is 20.0 Å². The number of carbonyl (C=O) groups excluding carboxylic acids is 2. The number of aromatic nitrogens is 2. The van der Waals surface area contributed by atoms with Crippen molar-refractivity contribution >= 4 is 62.3 Å². The number of anilines is 1. The molecule has 0 radical (unpaired) electrons. The Hall–Kier alpha value is -3.65. The van der Waals surface area contributed by atoms with Gasteiger partial charge in [0.1, 0.15) is 9.71 Å². The molecule has 0 fully saturated rings. The Morgan fingerprint density at radius 2 is 1.70 bits per heavy atom. The van der Waals surface area contributed by atoms with Crippen molar-refractivity contribution < 1.29 is 14.3 Å². The van der Waals surface area contributed by atoms with Crippen molar-refractivity contribution in [3.8, 4) is 5.69 Å². The van der Waals surface area contributed by atoms with Gasteiger partial charge in [-0.05, 0) is 61.9 Å². The van der Waals surface area contributed by atoms with Crippen LogP contribution >= 0.6 is 34.5 Å². The number of benzene rings is 3. The highest BCUT2D eigenvalue weighted by Crippen LogP contribution is 2.32. The number of esters is 1. The van der Waals surface area contributed by atoms with Gasteiger partial charge in [0.2, 0.25) is 6.10 Å². The first-order chi connectivity index (χ1) is 17.8. The summed E-state index contributed by atoms with van der Waals surface area (Å²) < 4.78 is 7.56. The predicted molar refractivity (Wildman–Crippen MR) is 148 cm³/mol. The van der Waals surface area contributed by atoms with E-state index in [0.717, 1.165) is 27.2 Å². The second kappa shape index (κ2) is 10.4. The van der Waals surface area contributed by atoms with Gasteiger partial charge in [-0.25, -0.2) is 9.48 Å².